The van der Waals surface area contributed by atoms with E-state index in [9.17, 15) is 4.79 Å². The monoisotopic (exact) mass is 497 g/mol. The van der Waals surface area contributed by atoms with Gasteiger partial charge in [-0.1, -0.05) is 12.1 Å². The number of hydrogen-bond acceptors (Lipinski definition) is 4. The van der Waals surface area contributed by atoms with Crippen molar-refractivity contribution in [2.45, 2.75) is 20.0 Å². The highest BCUT2D eigenvalue weighted by Crippen LogP contribution is 2.09. The molecule has 0 saturated carbocycles. The number of ether oxygens (including phenoxy) is 1. The molecule has 2 aromatic rings. The summed E-state index contributed by atoms with van der Waals surface area (Å²) in [5, 5.41) is 6.53. The predicted octanol–water partition coefficient (Wildman–Crippen LogP) is 2.67. The van der Waals surface area contributed by atoms with E-state index in [1.165, 1.54) is 0 Å². The van der Waals surface area contributed by atoms with E-state index in [0.29, 0.717) is 37.1 Å². The van der Waals surface area contributed by atoms with Crippen LogP contribution in [0.3, 0.4) is 0 Å². The van der Waals surface area contributed by atoms with Crippen LogP contribution < -0.4 is 15.4 Å². The molecule has 2 N–H and O–H groups in total. The summed E-state index contributed by atoms with van der Waals surface area (Å²) in [5.74, 6) is 1.31. The smallest absolute Gasteiger partial charge is 0.253 e. The topological polar surface area (TPSA) is 78.8 Å². The van der Waals surface area contributed by atoms with Gasteiger partial charge in [0.2, 0.25) is 5.88 Å². The zero-order valence-corrected chi connectivity index (χ0v) is 19.1. The molecule has 0 aliphatic carbocycles. The number of nitrogens with zero attached hydrogens (tertiary/aromatic N) is 3. The summed E-state index contributed by atoms with van der Waals surface area (Å²) in [4.78, 5) is 21.9. The predicted molar refractivity (Wildman–Crippen MR) is 122 cm³/mol. The molecule has 8 heteroatoms. The first-order valence-corrected chi connectivity index (χ1v) is 8.86. The lowest BCUT2D eigenvalue weighted by Crippen LogP contribution is -2.36. The average Bonchev–Trinajstić information content (AvgIpc) is 2.68. The number of benzene rings is 1. The summed E-state index contributed by atoms with van der Waals surface area (Å²) >= 11 is 0. The van der Waals surface area contributed by atoms with Crippen LogP contribution in [0.25, 0.3) is 0 Å². The van der Waals surface area contributed by atoms with Crippen LogP contribution in [0.1, 0.15) is 28.4 Å². The zero-order valence-electron chi connectivity index (χ0n) is 16.7. The highest BCUT2D eigenvalue weighted by molar-refractivity contribution is 14.0. The standard InChI is InChI=1S/C20H27N5O2.HI/c1-5-27-18-12-16(10-11-22-18)14-24-20(21-2)23-13-15-6-8-17(9-7-15)19(26)25(3)4;/h6-12H,5,13-14H2,1-4H3,(H2,21,23,24);1H. The van der Waals surface area contributed by atoms with Crippen LogP contribution in [-0.2, 0) is 13.1 Å². The Morgan fingerprint density at radius 1 is 1.11 bits per heavy atom. The number of rotatable bonds is 7. The maximum atomic E-state index is 11.9. The lowest BCUT2D eigenvalue weighted by atomic mass is 10.1. The second-order valence-electron chi connectivity index (χ2n) is 6.11. The first-order chi connectivity index (χ1) is 13.0. The molecule has 0 unspecified atom stereocenters. The second kappa shape index (κ2) is 12.2. The van der Waals surface area contributed by atoms with Crippen molar-refractivity contribution < 1.29 is 9.53 Å². The minimum Gasteiger partial charge on any atom is -0.478 e. The number of nitrogens with one attached hydrogen (secondary N) is 2. The zero-order chi connectivity index (χ0) is 19.6. The third kappa shape index (κ3) is 7.34. The van der Waals surface area contributed by atoms with Crippen LogP contribution in [0.4, 0.5) is 0 Å². The largest absolute Gasteiger partial charge is 0.478 e. The van der Waals surface area contributed by atoms with E-state index in [1.54, 1.807) is 32.2 Å². The molecule has 1 heterocycles. The summed E-state index contributed by atoms with van der Waals surface area (Å²) in [7, 11) is 5.22. The van der Waals surface area contributed by atoms with Gasteiger partial charge in [-0.25, -0.2) is 4.98 Å². The maximum Gasteiger partial charge on any atom is 0.253 e. The Morgan fingerprint density at radius 3 is 2.32 bits per heavy atom. The molecule has 0 atom stereocenters. The van der Waals surface area contributed by atoms with Crippen molar-refractivity contribution >= 4 is 35.8 Å². The number of pyridine rings is 1. The van der Waals surface area contributed by atoms with Gasteiger partial charge in [-0.3, -0.25) is 9.79 Å². The van der Waals surface area contributed by atoms with Crippen LogP contribution in [0.2, 0.25) is 0 Å². The molecule has 0 fully saturated rings. The summed E-state index contributed by atoms with van der Waals surface area (Å²) in [5.41, 5.74) is 2.80. The summed E-state index contributed by atoms with van der Waals surface area (Å²) in [6, 6.07) is 11.4. The van der Waals surface area contributed by atoms with Gasteiger partial charge in [0, 0.05) is 52.1 Å². The first kappa shape index (κ1) is 23.7. The Labute approximate surface area is 183 Å². The highest BCUT2D eigenvalue weighted by Gasteiger charge is 2.07. The molecule has 0 bridgehead atoms. The van der Waals surface area contributed by atoms with Crippen molar-refractivity contribution in [3.05, 3.63) is 59.3 Å². The number of aliphatic imine (C=N–C) groups is 1. The van der Waals surface area contributed by atoms with Gasteiger partial charge < -0.3 is 20.3 Å². The molecule has 0 spiro atoms. The highest BCUT2D eigenvalue weighted by atomic mass is 127. The molecule has 0 aliphatic heterocycles. The Kier molecular flexibility index (Phi) is 10.3. The molecular formula is C20H28IN5O2. The van der Waals surface area contributed by atoms with Gasteiger partial charge in [0.05, 0.1) is 6.61 Å². The molecule has 1 amide bonds. The molecule has 0 radical (unpaired) electrons. The fraction of sp³-hybridized carbons (Fsp3) is 0.350. The van der Waals surface area contributed by atoms with Crippen LogP contribution in [-0.4, -0.2) is 49.5 Å². The van der Waals surface area contributed by atoms with E-state index >= 15 is 0 Å². The molecule has 2 rings (SSSR count). The van der Waals surface area contributed by atoms with Crippen LogP contribution >= 0.6 is 24.0 Å². The minimum absolute atomic E-state index is 0. The quantitative estimate of drug-likeness (QED) is 0.350. The van der Waals surface area contributed by atoms with Crippen molar-refractivity contribution in [3.63, 3.8) is 0 Å². The normalized spacial score (nSPS) is 10.6. The van der Waals surface area contributed by atoms with Crippen molar-refractivity contribution in [1.82, 2.24) is 20.5 Å². The Hall–Kier alpha value is -2.36. The number of carbonyl (C=O) groups excluding carboxylic acids is 1. The lowest BCUT2D eigenvalue weighted by molar-refractivity contribution is 0.0827. The van der Waals surface area contributed by atoms with Crippen LogP contribution in [0.15, 0.2) is 47.6 Å². The second-order valence-corrected chi connectivity index (χ2v) is 6.11. The molecule has 1 aromatic carbocycles. The molecule has 152 valence electrons. The third-order valence-corrected chi connectivity index (χ3v) is 3.84. The Bertz CT molecular complexity index is 778. The van der Waals surface area contributed by atoms with Crippen LogP contribution in [0.5, 0.6) is 5.88 Å². The number of hydrogen-bond donors (Lipinski definition) is 2. The van der Waals surface area contributed by atoms with Crippen molar-refractivity contribution in [1.29, 1.82) is 0 Å². The lowest BCUT2D eigenvalue weighted by Gasteiger charge is -2.13. The maximum absolute atomic E-state index is 11.9. The van der Waals surface area contributed by atoms with Gasteiger partial charge in [-0.15, -0.1) is 24.0 Å². The fourth-order valence-corrected chi connectivity index (χ4v) is 2.40. The first-order valence-electron chi connectivity index (χ1n) is 8.86. The number of halogens is 1. The van der Waals surface area contributed by atoms with Gasteiger partial charge >= 0.3 is 0 Å². The fourth-order valence-electron chi connectivity index (χ4n) is 2.40. The molecule has 1 aromatic heterocycles. The van der Waals surface area contributed by atoms with Gasteiger partial charge in [-0.05, 0) is 36.2 Å². The van der Waals surface area contributed by atoms with Gasteiger partial charge in [0.1, 0.15) is 0 Å². The van der Waals surface area contributed by atoms with Gasteiger partial charge in [0.25, 0.3) is 5.91 Å². The van der Waals surface area contributed by atoms with Crippen molar-refractivity contribution in [2.24, 2.45) is 4.99 Å². The van der Waals surface area contributed by atoms with E-state index in [-0.39, 0.29) is 29.9 Å². The molecule has 0 aliphatic rings. The van der Waals surface area contributed by atoms with Crippen LogP contribution in [0, 0.1) is 0 Å². The Balaban J connectivity index is 0.00000392. The minimum atomic E-state index is -0.00393. The summed E-state index contributed by atoms with van der Waals surface area (Å²) in [6.45, 7) is 3.74. The van der Waals surface area contributed by atoms with Gasteiger partial charge in [0.15, 0.2) is 5.96 Å². The number of amides is 1. The number of carbonyl (C=O) groups is 1. The Morgan fingerprint density at radius 2 is 1.75 bits per heavy atom. The van der Waals surface area contributed by atoms with E-state index in [4.69, 9.17) is 4.74 Å². The van der Waals surface area contributed by atoms with Gasteiger partial charge in [-0.2, -0.15) is 0 Å². The molecule has 28 heavy (non-hydrogen) atoms. The van der Waals surface area contributed by atoms with Crippen molar-refractivity contribution in [3.8, 4) is 5.88 Å². The molecule has 7 nitrogen and oxygen atoms in total. The van der Waals surface area contributed by atoms with E-state index < -0.39 is 0 Å². The summed E-state index contributed by atoms with van der Waals surface area (Å²) < 4.78 is 5.41. The van der Waals surface area contributed by atoms with E-state index in [0.717, 1.165) is 11.1 Å². The van der Waals surface area contributed by atoms with E-state index in [1.807, 2.05) is 43.3 Å². The van der Waals surface area contributed by atoms with Crippen molar-refractivity contribution in [2.75, 3.05) is 27.7 Å². The third-order valence-electron chi connectivity index (χ3n) is 3.84. The molecule has 0 saturated heterocycles. The molecular weight excluding hydrogens is 469 g/mol. The van der Waals surface area contributed by atoms with E-state index in [2.05, 4.69) is 20.6 Å². The SMILES string of the molecule is CCOc1cc(CNC(=NC)NCc2ccc(C(=O)N(C)C)cc2)ccn1.I. The summed E-state index contributed by atoms with van der Waals surface area (Å²) in [6.07, 6.45) is 1.73. The average molecular weight is 497 g/mol. The number of guanidine groups is 1. The number of aromatic nitrogens is 1.